The lowest BCUT2D eigenvalue weighted by Gasteiger charge is -2.18. The average molecular weight is 527 g/mol. The van der Waals surface area contributed by atoms with Gasteiger partial charge >= 0.3 is 0 Å². The fourth-order valence-corrected chi connectivity index (χ4v) is 3.62. The molecule has 2 N–H and O–H groups in total. The molecule has 0 saturated carbocycles. The summed E-state index contributed by atoms with van der Waals surface area (Å²) < 4.78 is 64.5. The molecule has 28 heavy (non-hydrogen) atoms. The highest BCUT2D eigenvalue weighted by Gasteiger charge is 2.18. The van der Waals surface area contributed by atoms with Gasteiger partial charge in [0.15, 0.2) is 27.4 Å². The Morgan fingerprint density at radius 2 is 1.75 bits per heavy atom. The number of hydrogen-bond donors (Lipinski definition) is 2. The predicted octanol–water partition coefficient (Wildman–Crippen LogP) is 3.42. The molecule has 0 aliphatic heterocycles. The van der Waals surface area contributed by atoms with Crippen molar-refractivity contribution in [2.24, 2.45) is 4.99 Å². The number of benzene rings is 2. The molecule has 10 heteroatoms. The molecule has 0 spiro atoms. The highest BCUT2D eigenvalue weighted by molar-refractivity contribution is 14.0. The summed E-state index contributed by atoms with van der Waals surface area (Å²) in [4.78, 5) is 3.60. The molecule has 0 aliphatic rings. The number of halogens is 4. The van der Waals surface area contributed by atoms with E-state index < -0.39 is 33.3 Å². The van der Waals surface area contributed by atoms with Gasteiger partial charge in [-0.05, 0) is 36.8 Å². The van der Waals surface area contributed by atoms with E-state index in [2.05, 4.69) is 15.6 Å². The quantitative estimate of drug-likeness (QED) is 0.343. The predicted molar refractivity (Wildman–Crippen MR) is 113 cm³/mol. The third kappa shape index (κ3) is 6.36. The summed E-state index contributed by atoms with van der Waals surface area (Å²) in [6.07, 6.45) is 0. The molecule has 154 valence electrons. The van der Waals surface area contributed by atoms with Crippen LogP contribution in [0.15, 0.2) is 52.4 Å². The van der Waals surface area contributed by atoms with Crippen molar-refractivity contribution in [1.82, 2.24) is 10.6 Å². The first kappa shape index (κ1) is 24.2. The van der Waals surface area contributed by atoms with Crippen molar-refractivity contribution < 1.29 is 21.6 Å². The Kier molecular flexibility index (Phi) is 9.21. The number of rotatable bonds is 6. The van der Waals surface area contributed by atoms with Crippen molar-refractivity contribution in [2.45, 2.75) is 17.9 Å². The number of hydrogen-bond acceptors (Lipinski definition) is 3. The van der Waals surface area contributed by atoms with Crippen molar-refractivity contribution >= 4 is 39.8 Å². The second kappa shape index (κ2) is 10.6. The first-order valence-corrected chi connectivity index (χ1v) is 9.79. The Hall–Kier alpha value is -1.82. The monoisotopic (exact) mass is 527 g/mol. The van der Waals surface area contributed by atoms with E-state index >= 15 is 0 Å². The molecular weight excluding hydrogens is 506 g/mol. The van der Waals surface area contributed by atoms with E-state index in [1.165, 1.54) is 31.3 Å². The van der Waals surface area contributed by atoms with Crippen LogP contribution in [0.1, 0.15) is 18.5 Å². The minimum Gasteiger partial charge on any atom is -0.355 e. The molecule has 0 heterocycles. The molecule has 0 radical (unpaired) electrons. The van der Waals surface area contributed by atoms with Crippen LogP contribution < -0.4 is 10.6 Å². The number of aliphatic imine (C=N–C) groups is 1. The molecule has 0 aliphatic carbocycles. The van der Waals surface area contributed by atoms with E-state index in [0.29, 0.717) is 5.56 Å². The fourth-order valence-electron chi connectivity index (χ4n) is 2.38. The maximum absolute atomic E-state index is 13.7. The highest BCUT2D eigenvalue weighted by atomic mass is 127. The Labute approximate surface area is 179 Å². The molecule has 0 bridgehead atoms. The van der Waals surface area contributed by atoms with Crippen LogP contribution in [0.5, 0.6) is 0 Å². The van der Waals surface area contributed by atoms with E-state index in [0.717, 1.165) is 18.2 Å². The molecule has 1 atom stereocenters. The summed E-state index contributed by atoms with van der Waals surface area (Å²) >= 11 is 0. The van der Waals surface area contributed by atoms with Gasteiger partial charge in [0.25, 0.3) is 0 Å². The number of guanidine groups is 1. The second-order valence-electron chi connectivity index (χ2n) is 5.79. The van der Waals surface area contributed by atoms with E-state index in [1.54, 1.807) is 6.92 Å². The molecule has 0 saturated heterocycles. The third-order valence-electron chi connectivity index (χ3n) is 3.86. The summed E-state index contributed by atoms with van der Waals surface area (Å²) in [5, 5.41) is 5.76. The SMILES string of the molecule is CN=C(NCCS(=O)(=O)c1ccccc1F)NC(C)c1ccc(F)c(F)c1.I. The molecule has 2 rings (SSSR count). The number of nitrogens with one attached hydrogen (secondary N) is 2. The Morgan fingerprint density at radius 1 is 1.07 bits per heavy atom. The van der Waals surface area contributed by atoms with Crippen molar-refractivity contribution in [3.63, 3.8) is 0 Å². The van der Waals surface area contributed by atoms with Crippen LogP contribution in [0.3, 0.4) is 0 Å². The van der Waals surface area contributed by atoms with Gasteiger partial charge in [-0.3, -0.25) is 4.99 Å². The number of sulfone groups is 1. The van der Waals surface area contributed by atoms with Crippen LogP contribution in [0.4, 0.5) is 13.2 Å². The van der Waals surface area contributed by atoms with Gasteiger partial charge in [-0.15, -0.1) is 24.0 Å². The van der Waals surface area contributed by atoms with Gasteiger partial charge in [-0.2, -0.15) is 0 Å². The van der Waals surface area contributed by atoms with Crippen molar-refractivity contribution in [1.29, 1.82) is 0 Å². The zero-order chi connectivity index (χ0) is 20.0. The van der Waals surface area contributed by atoms with Crippen LogP contribution in [0, 0.1) is 17.5 Å². The zero-order valence-corrected chi connectivity index (χ0v) is 18.4. The van der Waals surface area contributed by atoms with Gasteiger partial charge in [0.1, 0.15) is 10.7 Å². The van der Waals surface area contributed by atoms with E-state index in [4.69, 9.17) is 0 Å². The first-order chi connectivity index (χ1) is 12.7. The van der Waals surface area contributed by atoms with Gasteiger partial charge in [-0.25, -0.2) is 21.6 Å². The van der Waals surface area contributed by atoms with Gasteiger partial charge in [-0.1, -0.05) is 18.2 Å². The third-order valence-corrected chi connectivity index (χ3v) is 5.60. The summed E-state index contributed by atoms with van der Waals surface area (Å²) in [5.74, 6) is -2.76. The maximum Gasteiger partial charge on any atom is 0.191 e. The molecule has 1 unspecified atom stereocenters. The minimum absolute atomic E-state index is 0. The van der Waals surface area contributed by atoms with Gasteiger partial charge in [0.2, 0.25) is 0 Å². The molecule has 2 aromatic carbocycles. The lowest BCUT2D eigenvalue weighted by molar-refractivity contribution is 0.504. The van der Waals surface area contributed by atoms with Crippen molar-refractivity contribution in [3.05, 3.63) is 65.5 Å². The fraction of sp³-hybridized carbons (Fsp3) is 0.278. The molecule has 5 nitrogen and oxygen atoms in total. The average Bonchev–Trinajstić information content (AvgIpc) is 2.63. The Balaban J connectivity index is 0.00000392. The van der Waals surface area contributed by atoms with E-state index in [1.807, 2.05) is 0 Å². The van der Waals surface area contributed by atoms with Crippen molar-refractivity contribution in [3.8, 4) is 0 Å². The molecule has 0 amide bonds. The Morgan fingerprint density at radius 3 is 2.36 bits per heavy atom. The molecule has 0 aromatic heterocycles. The smallest absolute Gasteiger partial charge is 0.191 e. The summed E-state index contributed by atoms with van der Waals surface area (Å²) in [6.45, 7) is 1.70. The van der Waals surface area contributed by atoms with Crippen LogP contribution in [-0.2, 0) is 9.84 Å². The molecule has 0 fully saturated rings. The van der Waals surface area contributed by atoms with E-state index in [9.17, 15) is 21.6 Å². The summed E-state index contributed by atoms with van der Waals surface area (Å²) in [5.41, 5.74) is 0.496. The topological polar surface area (TPSA) is 70.6 Å². The number of nitrogens with zero attached hydrogens (tertiary/aromatic N) is 1. The lowest BCUT2D eigenvalue weighted by Crippen LogP contribution is -2.40. The highest BCUT2D eigenvalue weighted by Crippen LogP contribution is 2.16. The van der Waals surface area contributed by atoms with Crippen LogP contribution in [-0.4, -0.2) is 33.7 Å². The van der Waals surface area contributed by atoms with Crippen LogP contribution >= 0.6 is 24.0 Å². The summed E-state index contributed by atoms with van der Waals surface area (Å²) in [7, 11) is -2.31. The van der Waals surface area contributed by atoms with Crippen LogP contribution in [0.2, 0.25) is 0 Å². The Bertz CT molecular complexity index is 939. The van der Waals surface area contributed by atoms with Gasteiger partial charge in [0, 0.05) is 13.6 Å². The maximum atomic E-state index is 13.7. The van der Waals surface area contributed by atoms with Crippen molar-refractivity contribution in [2.75, 3.05) is 19.3 Å². The normalized spacial score (nSPS) is 12.8. The first-order valence-electron chi connectivity index (χ1n) is 8.14. The van der Waals surface area contributed by atoms with Gasteiger partial charge < -0.3 is 10.6 Å². The van der Waals surface area contributed by atoms with Crippen LogP contribution in [0.25, 0.3) is 0 Å². The standard InChI is InChI=1S/C18H20F3N3O2S.HI/c1-12(13-7-8-14(19)16(21)11-13)24-18(22-2)23-9-10-27(25,26)17-6-4-3-5-15(17)20;/h3-8,11-12H,9-10H2,1-2H3,(H2,22,23,24);1H. The largest absolute Gasteiger partial charge is 0.355 e. The lowest BCUT2D eigenvalue weighted by atomic mass is 10.1. The molecular formula is C18H21F3IN3O2S. The summed E-state index contributed by atoms with van der Waals surface area (Å²) in [6, 6.07) is 8.29. The zero-order valence-electron chi connectivity index (χ0n) is 15.2. The minimum atomic E-state index is -3.80. The molecule has 2 aromatic rings. The van der Waals surface area contributed by atoms with Gasteiger partial charge in [0.05, 0.1) is 11.8 Å². The van der Waals surface area contributed by atoms with E-state index in [-0.39, 0.29) is 47.1 Å². The second-order valence-corrected chi connectivity index (χ2v) is 7.87.